The van der Waals surface area contributed by atoms with Crippen LogP contribution < -0.4 is 4.74 Å². The summed E-state index contributed by atoms with van der Waals surface area (Å²) in [5.41, 5.74) is -0.989. The highest BCUT2D eigenvalue weighted by Gasteiger charge is 2.41. The molecule has 0 radical (unpaired) electrons. The summed E-state index contributed by atoms with van der Waals surface area (Å²) in [6, 6.07) is 7.49. The molecule has 0 N–H and O–H groups in total. The van der Waals surface area contributed by atoms with Crippen molar-refractivity contribution in [1.29, 1.82) is 0 Å². The predicted octanol–water partition coefficient (Wildman–Crippen LogP) is 7.61. The van der Waals surface area contributed by atoms with E-state index in [0.717, 1.165) is 29.7 Å². The van der Waals surface area contributed by atoms with Gasteiger partial charge in [0.15, 0.2) is 0 Å². The van der Waals surface area contributed by atoms with Gasteiger partial charge in [-0.1, -0.05) is 38.3 Å². The maximum absolute atomic E-state index is 13.5. The van der Waals surface area contributed by atoms with Crippen LogP contribution in [0.15, 0.2) is 36.4 Å². The summed E-state index contributed by atoms with van der Waals surface area (Å²) >= 11 is 0. The molecule has 10 heteroatoms. The highest BCUT2D eigenvalue weighted by Crippen LogP contribution is 2.41. The Bertz CT molecular complexity index is 1180. The smallest absolute Gasteiger partial charge is 0.416 e. The molecule has 2 heterocycles. The molecule has 40 heavy (non-hydrogen) atoms. The Kier molecular flexibility index (Phi) is 9.07. The first kappa shape index (κ1) is 30.2. The number of hydrogen-bond acceptors (Lipinski definition) is 4. The summed E-state index contributed by atoms with van der Waals surface area (Å²) in [7, 11) is 1.35. The maximum Gasteiger partial charge on any atom is 0.416 e. The number of likely N-dealkylation sites (tertiary alicyclic amines) is 1. The van der Waals surface area contributed by atoms with Crippen LogP contribution in [0.25, 0.3) is 0 Å². The van der Waals surface area contributed by atoms with Gasteiger partial charge in [0, 0.05) is 19.6 Å². The largest absolute Gasteiger partial charge is 0.487 e. The van der Waals surface area contributed by atoms with Gasteiger partial charge in [-0.2, -0.15) is 26.3 Å². The summed E-state index contributed by atoms with van der Waals surface area (Å²) in [5, 5.41) is 0. The van der Waals surface area contributed by atoms with Crippen molar-refractivity contribution < 1.29 is 40.6 Å². The van der Waals surface area contributed by atoms with Crippen LogP contribution in [0.2, 0.25) is 0 Å². The minimum Gasteiger partial charge on any atom is -0.487 e. The lowest BCUT2D eigenvalue weighted by Gasteiger charge is -2.45. The fourth-order valence-corrected chi connectivity index (χ4v) is 5.20. The third-order valence-corrected chi connectivity index (χ3v) is 7.71. The minimum atomic E-state index is -4.74. The number of hydrogen-bond donors (Lipinski definition) is 0. The highest BCUT2D eigenvalue weighted by molar-refractivity contribution is 5.72. The number of halogens is 6. The number of carbonyl (C=O) groups is 1. The van der Waals surface area contributed by atoms with Crippen molar-refractivity contribution in [1.82, 2.24) is 4.90 Å². The second kappa shape index (κ2) is 12.0. The molecule has 0 amide bonds. The van der Waals surface area contributed by atoms with Crippen molar-refractivity contribution in [3.8, 4) is 5.75 Å². The standard InChI is InChI=1S/C27H29F6NO3.C3H6/c1-17(24(35)36-2)13-18-3-4-19-7-8-25(37-23(19)14-18)9-11-34(12-10-25)16-20-15-21(26(28,29)30)5-6-22(20)27(31,32)33;1-2-3-1/h3-6,14-15,17H,7-13,16H2,1-2H3;1-3H2. The highest BCUT2D eigenvalue weighted by atomic mass is 19.4. The number of fused-ring (bicyclic) bond motifs is 1. The molecule has 5 rings (SSSR count). The molecule has 220 valence electrons. The van der Waals surface area contributed by atoms with Gasteiger partial charge in [-0.05, 0) is 73.1 Å². The molecule has 1 saturated heterocycles. The van der Waals surface area contributed by atoms with Gasteiger partial charge in [0.25, 0.3) is 0 Å². The molecule has 2 aromatic rings. The Morgan fingerprint density at radius 1 is 0.975 bits per heavy atom. The molecule has 1 saturated carbocycles. The van der Waals surface area contributed by atoms with Crippen LogP contribution in [0.5, 0.6) is 5.75 Å². The zero-order chi connectivity index (χ0) is 29.1. The Morgan fingerprint density at radius 2 is 1.65 bits per heavy atom. The van der Waals surface area contributed by atoms with Crippen molar-refractivity contribution >= 4 is 5.97 Å². The van der Waals surface area contributed by atoms with E-state index < -0.39 is 29.1 Å². The quantitative estimate of drug-likeness (QED) is 0.274. The van der Waals surface area contributed by atoms with Crippen LogP contribution >= 0.6 is 0 Å². The lowest BCUT2D eigenvalue weighted by atomic mass is 9.82. The van der Waals surface area contributed by atoms with Crippen molar-refractivity contribution in [3.63, 3.8) is 0 Å². The van der Waals surface area contributed by atoms with E-state index in [1.54, 1.807) is 11.8 Å². The van der Waals surface area contributed by atoms with Crippen LogP contribution in [-0.4, -0.2) is 36.7 Å². The normalized spacial score (nSPS) is 19.1. The second-order valence-electron chi connectivity index (χ2n) is 11.1. The molecule has 4 nitrogen and oxygen atoms in total. The van der Waals surface area contributed by atoms with Gasteiger partial charge in [-0.25, -0.2) is 0 Å². The summed E-state index contributed by atoms with van der Waals surface area (Å²) < 4.78 is 91.2. The first-order chi connectivity index (χ1) is 18.8. The second-order valence-corrected chi connectivity index (χ2v) is 11.1. The number of aryl methyl sites for hydroxylation is 1. The third kappa shape index (κ3) is 7.71. The van der Waals surface area contributed by atoms with E-state index in [1.165, 1.54) is 26.4 Å². The molecule has 3 aliphatic rings. The number of piperidine rings is 1. The van der Waals surface area contributed by atoms with E-state index in [4.69, 9.17) is 9.47 Å². The Hall–Kier alpha value is -2.75. The first-order valence-electron chi connectivity index (χ1n) is 13.7. The number of nitrogens with zero attached hydrogens (tertiary/aromatic N) is 1. The molecule has 2 aliphatic heterocycles. The first-order valence-corrected chi connectivity index (χ1v) is 13.7. The average Bonchev–Trinajstić information content (AvgIpc) is 3.78. The van der Waals surface area contributed by atoms with E-state index in [9.17, 15) is 31.1 Å². The summed E-state index contributed by atoms with van der Waals surface area (Å²) in [5.74, 6) is 0.143. The number of ether oxygens (including phenoxy) is 2. The van der Waals surface area contributed by atoms with Crippen LogP contribution in [0.3, 0.4) is 0 Å². The van der Waals surface area contributed by atoms with Gasteiger partial charge in [0.05, 0.1) is 24.2 Å². The average molecular weight is 572 g/mol. The number of rotatable bonds is 5. The lowest BCUT2D eigenvalue weighted by molar-refractivity contribution is -0.144. The third-order valence-electron chi connectivity index (χ3n) is 7.71. The topological polar surface area (TPSA) is 38.8 Å². The number of esters is 1. The SMILES string of the molecule is C1CC1.COC(=O)C(C)Cc1ccc2c(c1)OC1(CC2)CCN(Cc2cc(C(F)(F)F)ccc2C(F)(F)F)CC1. The Balaban J connectivity index is 0.00000115. The maximum atomic E-state index is 13.5. The summed E-state index contributed by atoms with van der Waals surface area (Å²) in [4.78, 5) is 13.5. The molecule has 1 unspecified atom stereocenters. The van der Waals surface area contributed by atoms with Gasteiger partial charge in [-0.15, -0.1) is 0 Å². The molecule has 0 aromatic heterocycles. The molecule has 0 bridgehead atoms. The number of carbonyl (C=O) groups excluding carboxylic acids is 1. The zero-order valence-corrected chi connectivity index (χ0v) is 22.8. The van der Waals surface area contributed by atoms with Gasteiger partial charge in [-0.3, -0.25) is 9.69 Å². The molecule has 2 fully saturated rings. The predicted molar refractivity (Wildman–Crippen MR) is 138 cm³/mol. The fourth-order valence-electron chi connectivity index (χ4n) is 5.20. The minimum absolute atomic E-state index is 0.221. The summed E-state index contributed by atoms with van der Waals surface area (Å²) in [6.07, 6.45) is -1.82. The molecule has 2 aromatic carbocycles. The van der Waals surface area contributed by atoms with Crippen LogP contribution in [-0.2, 0) is 41.3 Å². The zero-order valence-electron chi connectivity index (χ0n) is 22.8. The number of benzene rings is 2. The van der Waals surface area contributed by atoms with Crippen molar-refractivity contribution in [2.45, 2.75) is 82.8 Å². The summed E-state index contributed by atoms with van der Waals surface area (Å²) in [6.45, 7) is 2.38. The number of alkyl halides is 6. The Labute approximate surface area is 230 Å². The van der Waals surface area contributed by atoms with Crippen LogP contribution in [0.1, 0.15) is 73.3 Å². The van der Waals surface area contributed by atoms with Gasteiger partial charge >= 0.3 is 18.3 Å². The van der Waals surface area contributed by atoms with Crippen molar-refractivity contribution in [3.05, 3.63) is 64.2 Å². The molecule has 1 spiro atoms. The van der Waals surface area contributed by atoms with E-state index in [0.29, 0.717) is 50.6 Å². The lowest BCUT2D eigenvalue weighted by Crippen LogP contribution is -2.49. The van der Waals surface area contributed by atoms with Crippen LogP contribution in [0.4, 0.5) is 26.3 Å². The Morgan fingerprint density at radius 3 is 2.23 bits per heavy atom. The van der Waals surface area contributed by atoms with Crippen molar-refractivity contribution in [2.24, 2.45) is 5.92 Å². The van der Waals surface area contributed by atoms with E-state index in [2.05, 4.69) is 0 Å². The van der Waals surface area contributed by atoms with Crippen LogP contribution in [0, 0.1) is 5.92 Å². The van der Waals surface area contributed by atoms with E-state index in [1.807, 2.05) is 18.2 Å². The van der Waals surface area contributed by atoms with E-state index in [-0.39, 0.29) is 24.0 Å². The van der Waals surface area contributed by atoms with E-state index >= 15 is 0 Å². The molecule has 1 atom stereocenters. The van der Waals surface area contributed by atoms with Crippen molar-refractivity contribution in [2.75, 3.05) is 20.2 Å². The van der Waals surface area contributed by atoms with Gasteiger partial charge in [0.1, 0.15) is 11.4 Å². The number of methoxy groups -OCH3 is 1. The molecular formula is C30H35F6NO3. The molecular weight excluding hydrogens is 536 g/mol. The fraction of sp³-hybridized carbons (Fsp3) is 0.567. The van der Waals surface area contributed by atoms with Gasteiger partial charge < -0.3 is 9.47 Å². The molecule has 1 aliphatic carbocycles. The van der Waals surface area contributed by atoms with Gasteiger partial charge in [0.2, 0.25) is 0 Å². The monoisotopic (exact) mass is 571 g/mol.